The maximum atomic E-state index is 12.1. The average Bonchev–Trinajstić information content (AvgIpc) is 2.23. The molecular weight excluding hydrogens is 252 g/mol. The molecule has 0 unspecified atom stereocenters. The predicted octanol–water partition coefficient (Wildman–Crippen LogP) is 1.89. The zero-order chi connectivity index (χ0) is 13.2. The summed E-state index contributed by atoms with van der Waals surface area (Å²) in [7, 11) is -3.27. The fourth-order valence-corrected chi connectivity index (χ4v) is 3.85. The van der Waals surface area contributed by atoms with Gasteiger partial charge in [-0.25, -0.2) is 8.42 Å². The Morgan fingerprint density at radius 3 is 2.61 bits per heavy atom. The molecule has 0 radical (unpaired) electrons. The van der Waals surface area contributed by atoms with Gasteiger partial charge >= 0.3 is 5.97 Å². The largest absolute Gasteiger partial charge is 0.481 e. The molecule has 2 rings (SSSR count). The molecule has 0 atom stereocenters. The molecule has 1 aromatic rings. The second-order valence-electron chi connectivity index (χ2n) is 4.80. The van der Waals surface area contributed by atoms with Crippen molar-refractivity contribution in [3.8, 4) is 0 Å². The van der Waals surface area contributed by atoms with Crippen molar-refractivity contribution in [1.29, 1.82) is 0 Å². The van der Waals surface area contributed by atoms with Gasteiger partial charge in [-0.2, -0.15) is 0 Å². The van der Waals surface area contributed by atoms with Crippen molar-refractivity contribution in [3.05, 3.63) is 29.8 Å². The van der Waals surface area contributed by atoms with Gasteiger partial charge in [-0.05, 0) is 36.5 Å². The fraction of sp³-hybridized carbons (Fsp3) is 0.462. The first-order valence-electron chi connectivity index (χ1n) is 6.01. The number of carboxylic acid groups (broad SMARTS) is 1. The van der Waals surface area contributed by atoms with E-state index >= 15 is 0 Å². The molecule has 0 saturated heterocycles. The minimum Gasteiger partial charge on any atom is -0.481 e. The number of hydrogen-bond acceptors (Lipinski definition) is 3. The second kappa shape index (κ2) is 5.10. The van der Waals surface area contributed by atoms with Crippen molar-refractivity contribution in [3.63, 3.8) is 0 Å². The Balaban J connectivity index is 2.18. The van der Waals surface area contributed by atoms with Gasteiger partial charge in [0.05, 0.1) is 17.1 Å². The third-order valence-corrected chi connectivity index (χ3v) is 5.18. The van der Waals surface area contributed by atoms with Crippen LogP contribution in [0, 0.1) is 5.92 Å². The topological polar surface area (TPSA) is 71.4 Å². The molecule has 5 heteroatoms. The van der Waals surface area contributed by atoms with Crippen LogP contribution in [0.5, 0.6) is 0 Å². The molecule has 0 spiro atoms. The number of carbonyl (C=O) groups is 1. The van der Waals surface area contributed by atoms with Gasteiger partial charge in [0, 0.05) is 0 Å². The van der Waals surface area contributed by atoms with Gasteiger partial charge < -0.3 is 5.11 Å². The first kappa shape index (κ1) is 13.1. The number of benzene rings is 1. The van der Waals surface area contributed by atoms with Crippen LogP contribution in [0.3, 0.4) is 0 Å². The lowest BCUT2D eigenvalue weighted by Gasteiger charge is -2.24. The highest BCUT2D eigenvalue weighted by molar-refractivity contribution is 7.91. The standard InChI is InChI=1S/C13H16O4S/c14-13(15)8-11-5-2-6-12(7-11)18(16,17)9-10-3-1-4-10/h2,5-7,10H,1,3-4,8-9H2,(H,14,15). The molecule has 0 bridgehead atoms. The summed E-state index contributed by atoms with van der Waals surface area (Å²) in [5.41, 5.74) is 0.525. The SMILES string of the molecule is O=C(O)Cc1cccc(S(=O)(=O)CC2CCC2)c1. The Kier molecular flexibility index (Phi) is 3.71. The van der Waals surface area contributed by atoms with Crippen molar-refractivity contribution < 1.29 is 18.3 Å². The van der Waals surface area contributed by atoms with Crippen molar-refractivity contribution in [1.82, 2.24) is 0 Å². The number of rotatable bonds is 5. The molecule has 1 aliphatic rings. The molecule has 0 aromatic heterocycles. The van der Waals surface area contributed by atoms with Gasteiger partial charge in [-0.1, -0.05) is 18.6 Å². The predicted molar refractivity (Wildman–Crippen MR) is 67.2 cm³/mol. The van der Waals surface area contributed by atoms with Gasteiger partial charge in [0.15, 0.2) is 9.84 Å². The zero-order valence-corrected chi connectivity index (χ0v) is 10.8. The Labute approximate surface area is 107 Å². The lowest BCUT2D eigenvalue weighted by molar-refractivity contribution is -0.136. The molecule has 1 fully saturated rings. The number of aliphatic carboxylic acids is 1. The summed E-state index contributed by atoms with van der Waals surface area (Å²) < 4.78 is 24.3. The van der Waals surface area contributed by atoms with Crippen LogP contribution < -0.4 is 0 Å². The Morgan fingerprint density at radius 2 is 2.06 bits per heavy atom. The van der Waals surface area contributed by atoms with Crippen LogP contribution in [0.2, 0.25) is 0 Å². The average molecular weight is 268 g/mol. The van der Waals surface area contributed by atoms with Gasteiger partial charge in [-0.15, -0.1) is 0 Å². The normalized spacial score (nSPS) is 16.2. The van der Waals surface area contributed by atoms with Crippen LogP contribution in [0.15, 0.2) is 29.2 Å². The summed E-state index contributed by atoms with van der Waals surface area (Å²) in [4.78, 5) is 10.9. The summed E-state index contributed by atoms with van der Waals surface area (Å²) in [6, 6.07) is 6.25. The molecule has 0 amide bonds. The third-order valence-electron chi connectivity index (χ3n) is 3.29. The minimum atomic E-state index is -3.27. The van der Waals surface area contributed by atoms with E-state index in [9.17, 15) is 13.2 Å². The molecule has 1 N–H and O–H groups in total. The van der Waals surface area contributed by atoms with E-state index in [0.29, 0.717) is 5.56 Å². The van der Waals surface area contributed by atoms with Gasteiger partial charge in [0.1, 0.15) is 0 Å². The van der Waals surface area contributed by atoms with E-state index in [1.165, 1.54) is 6.07 Å². The smallest absolute Gasteiger partial charge is 0.307 e. The molecular formula is C13H16O4S. The van der Waals surface area contributed by atoms with E-state index in [1.54, 1.807) is 18.2 Å². The third kappa shape index (κ3) is 3.10. The van der Waals surface area contributed by atoms with Crippen molar-refractivity contribution >= 4 is 15.8 Å². The highest BCUT2D eigenvalue weighted by Gasteiger charge is 2.25. The number of carboxylic acids is 1. The van der Waals surface area contributed by atoms with E-state index in [2.05, 4.69) is 0 Å². The van der Waals surface area contributed by atoms with Crippen molar-refractivity contribution in [2.24, 2.45) is 5.92 Å². The van der Waals surface area contributed by atoms with Crippen LogP contribution in [-0.4, -0.2) is 25.2 Å². The van der Waals surface area contributed by atoms with Crippen LogP contribution in [0.1, 0.15) is 24.8 Å². The molecule has 1 aromatic carbocycles. The van der Waals surface area contributed by atoms with Gasteiger partial charge in [0.25, 0.3) is 0 Å². The Bertz CT molecular complexity index is 544. The molecule has 1 saturated carbocycles. The lowest BCUT2D eigenvalue weighted by atomic mass is 9.87. The van der Waals surface area contributed by atoms with Crippen molar-refractivity contribution in [2.45, 2.75) is 30.6 Å². The highest BCUT2D eigenvalue weighted by atomic mass is 32.2. The summed E-state index contributed by atoms with van der Waals surface area (Å²) in [5.74, 6) is -0.495. The first-order chi connectivity index (χ1) is 8.47. The van der Waals surface area contributed by atoms with Crippen LogP contribution >= 0.6 is 0 Å². The van der Waals surface area contributed by atoms with Crippen LogP contribution in [-0.2, 0) is 21.1 Å². The van der Waals surface area contributed by atoms with E-state index in [1.807, 2.05) is 0 Å². The summed E-state index contributed by atoms with van der Waals surface area (Å²) in [5, 5.41) is 8.70. The Morgan fingerprint density at radius 1 is 1.33 bits per heavy atom. The highest BCUT2D eigenvalue weighted by Crippen LogP contribution is 2.29. The quantitative estimate of drug-likeness (QED) is 0.885. The summed E-state index contributed by atoms with van der Waals surface area (Å²) in [6.45, 7) is 0. The van der Waals surface area contributed by atoms with Crippen molar-refractivity contribution in [2.75, 3.05) is 5.75 Å². The van der Waals surface area contributed by atoms with E-state index in [-0.39, 0.29) is 23.0 Å². The Hall–Kier alpha value is -1.36. The van der Waals surface area contributed by atoms with Gasteiger partial charge in [-0.3, -0.25) is 4.79 Å². The van der Waals surface area contributed by atoms with Gasteiger partial charge in [0.2, 0.25) is 0 Å². The monoisotopic (exact) mass is 268 g/mol. The van der Waals surface area contributed by atoms with Crippen LogP contribution in [0.25, 0.3) is 0 Å². The molecule has 18 heavy (non-hydrogen) atoms. The summed E-state index contributed by atoms with van der Waals surface area (Å²) in [6.07, 6.45) is 2.92. The number of hydrogen-bond donors (Lipinski definition) is 1. The van der Waals surface area contributed by atoms with E-state index in [4.69, 9.17) is 5.11 Å². The second-order valence-corrected chi connectivity index (χ2v) is 6.83. The first-order valence-corrected chi connectivity index (χ1v) is 7.66. The molecule has 1 aliphatic carbocycles. The van der Waals surface area contributed by atoms with Crippen LogP contribution in [0.4, 0.5) is 0 Å². The molecule has 98 valence electrons. The minimum absolute atomic E-state index is 0.146. The molecule has 4 nitrogen and oxygen atoms in total. The summed E-state index contributed by atoms with van der Waals surface area (Å²) >= 11 is 0. The molecule has 0 heterocycles. The maximum absolute atomic E-state index is 12.1. The maximum Gasteiger partial charge on any atom is 0.307 e. The zero-order valence-electron chi connectivity index (χ0n) is 10.0. The van der Waals surface area contributed by atoms with E-state index in [0.717, 1.165) is 19.3 Å². The number of sulfone groups is 1. The lowest BCUT2D eigenvalue weighted by Crippen LogP contribution is -2.22. The fourth-order valence-electron chi connectivity index (χ4n) is 2.09. The molecule has 0 aliphatic heterocycles. The van der Waals surface area contributed by atoms with E-state index < -0.39 is 15.8 Å².